The van der Waals surface area contributed by atoms with Gasteiger partial charge in [-0.15, -0.1) is 0 Å². The van der Waals surface area contributed by atoms with Gasteiger partial charge in [-0.05, 0) is 0 Å². The van der Waals surface area contributed by atoms with Gasteiger partial charge in [-0.25, -0.2) is 0 Å². The van der Waals surface area contributed by atoms with Gasteiger partial charge in [0.1, 0.15) is 0 Å². The summed E-state index contributed by atoms with van der Waals surface area (Å²) in [7, 11) is 4.32. The van der Waals surface area contributed by atoms with Gasteiger partial charge >= 0.3 is 176 Å². The van der Waals surface area contributed by atoms with E-state index in [4.69, 9.17) is 0 Å². The van der Waals surface area contributed by atoms with Crippen LogP contribution in [0.5, 0.6) is 0 Å². The number of rotatable bonds is 13. The topological polar surface area (TPSA) is 15.3 Å². The minimum atomic E-state index is -2.41. The van der Waals surface area contributed by atoms with Crippen LogP contribution in [0.25, 0.3) is 0 Å². The molecule has 0 radical (unpaired) electrons. The zero-order chi connectivity index (χ0) is 20.7. The van der Waals surface area contributed by atoms with Gasteiger partial charge in [-0.3, -0.25) is 0 Å². The van der Waals surface area contributed by atoms with Crippen LogP contribution >= 0.6 is 0 Å². The molecule has 0 fully saturated rings. The molecule has 0 amide bonds. The standard InChI is InChI=1S/C12H23N2.3C4H9.Sn/c1-7-12(4)9-8-11(2,3)10(12)13-14(5)6;3*1-3-4-2;/h8,10,13H,7H2,1-6H3;3*1,3-4H2,2H3;/t10-,12-;;;;/m1..../s1. The molecule has 0 saturated carbocycles. The first-order valence-corrected chi connectivity index (χ1v) is 19.3. The van der Waals surface area contributed by atoms with E-state index in [2.05, 4.69) is 79.1 Å². The quantitative estimate of drug-likeness (QED) is 0.219. The second-order valence-electron chi connectivity index (χ2n) is 10.2. The summed E-state index contributed by atoms with van der Waals surface area (Å²) in [5, 5.41) is 2.19. The van der Waals surface area contributed by atoms with Crippen LogP contribution in [0, 0.1) is 10.8 Å². The van der Waals surface area contributed by atoms with Gasteiger partial charge in [0.25, 0.3) is 0 Å². The molecule has 0 aromatic heterocycles. The molecule has 1 aliphatic rings. The van der Waals surface area contributed by atoms with Crippen LogP contribution in [0.4, 0.5) is 0 Å². The Morgan fingerprint density at radius 3 is 1.67 bits per heavy atom. The van der Waals surface area contributed by atoms with Crippen molar-refractivity contribution in [1.29, 1.82) is 0 Å². The van der Waals surface area contributed by atoms with Crippen LogP contribution in [0.15, 0.2) is 9.67 Å². The number of nitrogens with one attached hydrogen (secondary N) is 1. The van der Waals surface area contributed by atoms with Crippen LogP contribution < -0.4 is 5.43 Å². The molecule has 2 atom stereocenters. The third-order valence-corrected chi connectivity index (χ3v) is 23.8. The molecule has 3 heteroatoms. The van der Waals surface area contributed by atoms with Crippen molar-refractivity contribution in [3.63, 3.8) is 0 Å². The molecule has 1 rings (SSSR count). The van der Waals surface area contributed by atoms with Crippen LogP contribution in [0.1, 0.15) is 93.4 Å². The van der Waals surface area contributed by atoms with Crippen molar-refractivity contribution >= 4 is 18.4 Å². The Labute approximate surface area is 175 Å². The summed E-state index contributed by atoms with van der Waals surface area (Å²) in [6.45, 7) is 17.2. The fourth-order valence-corrected chi connectivity index (χ4v) is 25.2. The van der Waals surface area contributed by atoms with Gasteiger partial charge in [0.2, 0.25) is 0 Å². The van der Waals surface area contributed by atoms with Gasteiger partial charge in [-0.2, -0.15) is 0 Å². The molecule has 0 unspecified atom stereocenters. The average molecular weight is 485 g/mol. The number of nitrogens with zero attached hydrogens (tertiary/aromatic N) is 1. The third-order valence-electron chi connectivity index (χ3n) is 7.23. The Bertz CT molecular complexity index is 447. The van der Waals surface area contributed by atoms with Gasteiger partial charge < -0.3 is 0 Å². The van der Waals surface area contributed by atoms with E-state index in [1.54, 1.807) is 13.3 Å². The van der Waals surface area contributed by atoms with E-state index >= 15 is 0 Å². The Hall–Kier alpha value is 0.459. The van der Waals surface area contributed by atoms with E-state index in [-0.39, 0.29) is 5.41 Å². The Morgan fingerprint density at radius 2 is 1.33 bits per heavy atom. The molecule has 1 N–H and O–H groups in total. The molecule has 0 bridgehead atoms. The summed E-state index contributed by atoms with van der Waals surface area (Å²) in [6, 6.07) is 0.515. The van der Waals surface area contributed by atoms with E-state index in [1.807, 2.05) is 3.59 Å². The van der Waals surface area contributed by atoms with Gasteiger partial charge in [-0.1, -0.05) is 0 Å². The molecular formula is C24H50N2Sn. The average Bonchev–Trinajstić information content (AvgIpc) is 2.83. The fourth-order valence-electron chi connectivity index (χ4n) is 5.64. The van der Waals surface area contributed by atoms with E-state index in [0.717, 1.165) is 0 Å². The molecular weight excluding hydrogens is 435 g/mol. The van der Waals surface area contributed by atoms with Gasteiger partial charge in [0.15, 0.2) is 0 Å². The molecule has 160 valence electrons. The van der Waals surface area contributed by atoms with Crippen molar-refractivity contribution in [1.82, 2.24) is 10.4 Å². The molecule has 0 aromatic carbocycles. The van der Waals surface area contributed by atoms with Crippen molar-refractivity contribution < 1.29 is 0 Å². The molecule has 1 aliphatic carbocycles. The molecule has 0 aliphatic heterocycles. The second kappa shape index (κ2) is 11.0. The number of unbranched alkanes of at least 4 members (excludes halogenated alkanes) is 3. The van der Waals surface area contributed by atoms with Crippen LogP contribution in [-0.4, -0.2) is 43.5 Å². The summed E-state index contributed by atoms with van der Waals surface area (Å²) in [6.07, 6.45) is 12.5. The Morgan fingerprint density at radius 1 is 0.889 bits per heavy atom. The van der Waals surface area contributed by atoms with E-state index in [1.165, 1.54) is 44.9 Å². The maximum absolute atomic E-state index is 3.86. The zero-order valence-corrected chi connectivity index (χ0v) is 23.0. The second-order valence-corrected chi connectivity index (χ2v) is 23.3. The van der Waals surface area contributed by atoms with Gasteiger partial charge in [0, 0.05) is 0 Å². The number of hydrogen-bond acceptors (Lipinski definition) is 2. The van der Waals surface area contributed by atoms with Crippen molar-refractivity contribution in [2.45, 2.75) is 113 Å². The first kappa shape index (κ1) is 25.5. The predicted octanol–water partition coefficient (Wildman–Crippen LogP) is 7.19. The predicted molar refractivity (Wildman–Crippen MR) is 126 cm³/mol. The van der Waals surface area contributed by atoms with Crippen molar-refractivity contribution in [2.24, 2.45) is 10.8 Å². The van der Waals surface area contributed by atoms with E-state index < -0.39 is 18.4 Å². The number of hydrazine groups is 1. The van der Waals surface area contributed by atoms with Crippen LogP contribution in [0.2, 0.25) is 13.3 Å². The first-order valence-electron chi connectivity index (χ1n) is 11.8. The van der Waals surface area contributed by atoms with Crippen molar-refractivity contribution in [3.05, 3.63) is 9.67 Å². The van der Waals surface area contributed by atoms with Crippen LogP contribution in [0.3, 0.4) is 0 Å². The molecule has 0 saturated heterocycles. The minimum absolute atomic E-state index is 0.233. The Kier molecular flexibility index (Phi) is 10.4. The van der Waals surface area contributed by atoms with Crippen molar-refractivity contribution in [3.8, 4) is 0 Å². The summed E-state index contributed by atoms with van der Waals surface area (Å²) >= 11 is -2.41. The Balaban J connectivity index is 3.45. The zero-order valence-electron chi connectivity index (χ0n) is 20.2. The fraction of sp³-hybridized carbons (Fsp3) is 0.917. The SMILES string of the molecule is CCC[CH2][Sn]([CH2]CCC)([CH2]CCC)[C]1=CC(C)(C)[C@@H](NN(C)C)[C@]1(C)CC. The summed E-state index contributed by atoms with van der Waals surface area (Å²) < 4.78 is 6.74. The summed E-state index contributed by atoms with van der Waals surface area (Å²) in [5.41, 5.74) is 4.41. The van der Waals surface area contributed by atoms with Crippen LogP contribution in [-0.2, 0) is 0 Å². The monoisotopic (exact) mass is 486 g/mol. The first-order chi connectivity index (χ1) is 12.6. The summed E-state index contributed by atoms with van der Waals surface area (Å²) in [5.74, 6) is 0. The maximum atomic E-state index is 3.86. The molecule has 0 aromatic rings. The van der Waals surface area contributed by atoms with E-state index in [0.29, 0.717) is 11.5 Å². The molecule has 0 heterocycles. The van der Waals surface area contributed by atoms with E-state index in [9.17, 15) is 0 Å². The summed E-state index contributed by atoms with van der Waals surface area (Å²) in [4.78, 5) is 0. The van der Waals surface area contributed by atoms with Crippen molar-refractivity contribution in [2.75, 3.05) is 14.1 Å². The molecule has 0 spiro atoms. The molecule has 27 heavy (non-hydrogen) atoms. The third kappa shape index (κ3) is 5.98. The normalized spacial score (nSPS) is 25.3. The molecule has 2 nitrogen and oxygen atoms in total. The van der Waals surface area contributed by atoms with Gasteiger partial charge in [0.05, 0.1) is 0 Å². The number of hydrogen-bond donors (Lipinski definition) is 1.